The van der Waals surface area contributed by atoms with Crippen molar-refractivity contribution in [1.82, 2.24) is 14.8 Å². The number of nitrogens with one attached hydrogen (secondary N) is 1. The predicted molar refractivity (Wildman–Crippen MR) is 123 cm³/mol. The topological polar surface area (TPSA) is 69.0 Å². The van der Waals surface area contributed by atoms with Crippen molar-refractivity contribution < 1.29 is 18.3 Å². The van der Waals surface area contributed by atoms with Gasteiger partial charge in [0.1, 0.15) is 18.2 Å². The number of thioether (sulfide) groups is 1. The zero-order chi connectivity index (χ0) is 22.7. The normalized spacial score (nSPS) is 11.0. The third-order valence-electron chi connectivity index (χ3n) is 4.64. The molecule has 1 amide bonds. The highest BCUT2D eigenvalue weighted by Gasteiger charge is 2.16. The number of aromatic nitrogens is 3. The highest BCUT2D eigenvalue weighted by Crippen LogP contribution is 2.28. The Kier molecular flexibility index (Phi) is 6.71. The standard InChI is InChI=1S/C22H17BrF2N4O2S/c1-29-19(11-31-18-8-4-6-13-5-2-3-7-15(13)18)27-28-22(29)32-12-20(30)26-21-16(23)9-14(24)10-17(21)25/h2-10H,11-12H2,1H3,(H,26,30). The quantitative estimate of drug-likeness (QED) is 0.335. The van der Waals surface area contributed by atoms with E-state index in [2.05, 4.69) is 31.4 Å². The fourth-order valence-corrected chi connectivity index (χ4v) is 4.26. The molecular formula is C22H17BrF2N4O2S. The van der Waals surface area contributed by atoms with Crippen LogP contribution in [0, 0.1) is 11.6 Å². The summed E-state index contributed by atoms with van der Waals surface area (Å²) in [5, 5.41) is 13.3. The molecule has 32 heavy (non-hydrogen) atoms. The summed E-state index contributed by atoms with van der Waals surface area (Å²) in [5.74, 6) is -0.752. The molecular weight excluding hydrogens is 502 g/mol. The van der Waals surface area contributed by atoms with Crippen molar-refractivity contribution in [1.29, 1.82) is 0 Å². The second-order valence-corrected chi connectivity index (χ2v) is 8.60. The van der Waals surface area contributed by atoms with E-state index in [1.54, 1.807) is 11.6 Å². The molecule has 1 heterocycles. The molecule has 0 aliphatic carbocycles. The highest BCUT2D eigenvalue weighted by atomic mass is 79.9. The van der Waals surface area contributed by atoms with Crippen molar-refractivity contribution in [3.63, 3.8) is 0 Å². The largest absolute Gasteiger partial charge is 0.485 e. The molecule has 0 bridgehead atoms. The number of hydrogen-bond donors (Lipinski definition) is 1. The van der Waals surface area contributed by atoms with E-state index in [1.807, 2.05) is 42.5 Å². The Morgan fingerprint density at radius 3 is 2.75 bits per heavy atom. The van der Waals surface area contributed by atoms with E-state index < -0.39 is 17.5 Å². The van der Waals surface area contributed by atoms with Crippen LogP contribution in [0.4, 0.5) is 14.5 Å². The summed E-state index contributed by atoms with van der Waals surface area (Å²) >= 11 is 4.19. The van der Waals surface area contributed by atoms with Crippen molar-refractivity contribution in [3.8, 4) is 5.75 Å². The predicted octanol–water partition coefficient (Wildman–Crippen LogP) is 5.32. The molecule has 0 unspecified atom stereocenters. The second kappa shape index (κ2) is 9.66. The van der Waals surface area contributed by atoms with Crippen LogP contribution in [0.25, 0.3) is 10.8 Å². The number of nitrogens with zero attached hydrogens (tertiary/aromatic N) is 3. The van der Waals surface area contributed by atoms with Crippen LogP contribution in [0.1, 0.15) is 5.82 Å². The summed E-state index contributed by atoms with van der Waals surface area (Å²) in [6.45, 7) is 0.206. The van der Waals surface area contributed by atoms with Gasteiger partial charge in [-0.05, 0) is 33.4 Å². The molecule has 0 saturated heterocycles. The van der Waals surface area contributed by atoms with Crippen LogP contribution in [0.2, 0.25) is 0 Å². The van der Waals surface area contributed by atoms with Gasteiger partial charge in [-0.3, -0.25) is 4.79 Å². The van der Waals surface area contributed by atoms with Gasteiger partial charge < -0.3 is 14.6 Å². The number of benzene rings is 3. The molecule has 0 radical (unpaired) electrons. The third kappa shape index (κ3) is 4.91. The third-order valence-corrected chi connectivity index (χ3v) is 6.28. The lowest BCUT2D eigenvalue weighted by molar-refractivity contribution is -0.113. The first-order valence-corrected chi connectivity index (χ1v) is 11.3. The van der Waals surface area contributed by atoms with E-state index >= 15 is 0 Å². The van der Waals surface area contributed by atoms with Crippen LogP contribution in [0.15, 0.2) is 64.2 Å². The summed E-state index contributed by atoms with van der Waals surface area (Å²) < 4.78 is 34.9. The molecule has 0 fully saturated rings. The molecule has 0 spiro atoms. The minimum absolute atomic E-state index is 0.0284. The Hall–Kier alpha value is -2.98. The minimum Gasteiger partial charge on any atom is -0.485 e. The van der Waals surface area contributed by atoms with E-state index in [4.69, 9.17) is 4.74 Å². The lowest BCUT2D eigenvalue weighted by atomic mass is 10.1. The Morgan fingerprint density at radius 2 is 1.94 bits per heavy atom. The van der Waals surface area contributed by atoms with Crippen LogP contribution in [-0.2, 0) is 18.4 Å². The van der Waals surface area contributed by atoms with E-state index in [0.717, 1.165) is 34.4 Å². The maximum atomic E-state index is 13.9. The molecule has 0 atom stereocenters. The molecule has 164 valence electrons. The molecule has 10 heteroatoms. The Morgan fingerprint density at radius 1 is 1.16 bits per heavy atom. The number of carbonyl (C=O) groups is 1. The molecule has 1 aromatic heterocycles. The fourth-order valence-electron chi connectivity index (χ4n) is 3.03. The van der Waals surface area contributed by atoms with Gasteiger partial charge in [0.25, 0.3) is 0 Å². The van der Waals surface area contributed by atoms with Gasteiger partial charge >= 0.3 is 0 Å². The number of hydrogen-bond acceptors (Lipinski definition) is 5. The molecule has 0 aliphatic rings. The fraction of sp³-hybridized carbons (Fsp3) is 0.136. The van der Waals surface area contributed by atoms with E-state index in [9.17, 15) is 13.6 Å². The number of anilines is 1. The van der Waals surface area contributed by atoms with Gasteiger partial charge in [0.05, 0.1) is 11.4 Å². The van der Waals surface area contributed by atoms with Gasteiger partial charge in [-0.25, -0.2) is 8.78 Å². The van der Waals surface area contributed by atoms with Gasteiger partial charge in [0.15, 0.2) is 16.8 Å². The molecule has 4 aromatic rings. The van der Waals surface area contributed by atoms with Crippen molar-refractivity contribution in [2.24, 2.45) is 7.05 Å². The van der Waals surface area contributed by atoms with E-state index in [-0.39, 0.29) is 22.5 Å². The summed E-state index contributed by atoms with van der Waals surface area (Å²) in [5.41, 5.74) is -0.112. The van der Waals surface area contributed by atoms with Crippen LogP contribution in [0.5, 0.6) is 5.75 Å². The Bertz CT molecular complexity index is 1270. The zero-order valence-electron chi connectivity index (χ0n) is 16.8. The molecule has 6 nitrogen and oxygen atoms in total. The summed E-state index contributed by atoms with van der Waals surface area (Å²) in [4.78, 5) is 12.2. The average Bonchev–Trinajstić information content (AvgIpc) is 3.12. The first kappa shape index (κ1) is 22.2. The Balaban J connectivity index is 1.37. The number of amides is 1. The van der Waals surface area contributed by atoms with Gasteiger partial charge in [0, 0.05) is 23.0 Å². The van der Waals surface area contributed by atoms with Crippen LogP contribution in [0.3, 0.4) is 0 Å². The van der Waals surface area contributed by atoms with E-state index in [1.165, 1.54) is 0 Å². The number of halogens is 3. The monoisotopic (exact) mass is 518 g/mol. The minimum atomic E-state index is -0.859. The second-order valence-electron chi connectivity index (χ2n) is 6.81. The van der Waals surface area contributed by atoms with Crippen LogP contribution >= 0.6 is 27.7 Å². The highest BCUT2D eigenvalue weighted by molar-refractivity contribution is 9.10. The molecule has 1 N–H and O–H groups in total. The molecule has 0 aliphatic heterocycles. The summed E-state index contributed by atoms with van der Waals surface area (Å²) in [7, 11) is 1.78. The number of fused-ring (bicyclic) bond motifs is 1. The number of ether oxygens (including phenoxy) is 1. The maximum Gasteiger partial charge on any atom is 0.234 e. The average molecular weight is 519 g/mol. The Labute approximate surface area is 195 Å². The van der Waals surface area contributed by atoms with Crippen LogP contribution < -0.4 is 10.1 Å². The van der Waals surface area contributed by atoms with Gasteiger partial charge in [0.2, 0.25) is 5.91 Å². The maximum absolute atomic E-state index is 13.9. The molecule has 0 saturated carbocycles. The van der Waals surface area contributed by atoms with Gasteiger partial charge in [-0.2, -0.15) is 0 Å². The molecule has 3 aromatic carbocycles. The van der Waals surface area contributed by atoms with Crippen molar-refractivity contribution in [3.05, 3.63) is 76.5 Å². The SMILES string of the molecule is Cn1c(COc2cccc3ccccc23)nnc1SCC(=O)Nc1c(F)cc(F)cc1Br. The first-order chi connectivity index (χ1) is 15.4. The summed E-state index contributed by atoms with van der Waals surface area (Å²) in [6, 6.07) is 15.5. The van der Waals surface area contributed by atoms with Crippen molar-refractivity contribution in [2.45, 2.75) is 11.8 Å². The zero-order valence-corrected chi connectivity index (χ0v) is 19.2. The van der Waals surface area contributed by atoms with Gasteiger partial charge in [-0.1, -0.05) is 48.2 Å². The number of carbonyl (C=O) groups excluding carboxylic acids is 1. The smallest absolute Gasteiger partial charge is 0.234 e. The first-order valence-electron chi connectivity index (χ1n) is 9.48. The van der Waals surface area contributed by atoms with E-state index in [0.29, 0.717) is 17.0 Å². The van der Waals surface area contributed by atoms with Crippen LogP contribution in [-0.4, -0.2) is 26.4 Å². The van der Waals surface area contributed by atoms with Gasteiger partial charge in [-0.15, -0.1) is 10.2 Å². The van der Waals surface area contributed by atoms with Crippen molar-refractivity contribution in [2.75, 3.05) is 11.1 Å². The lowest BCUT2D eigenvalue weighted by Gasteiger charge is -2.10. The van der Waals surface area contributed by atoms with Crippen molar-refractivity contribution >= 4 is 50.1 Å². The lowest BCUT2D eigenvalue weighted by Crippen LogP contribution is -2.16. The molecule has 4 rings (SSSR count). The summed E-state index contributed by atoms with van der Waals surface area (Å²) in [6.07, 6.45) is 0. The number of rotatable bonds is 7.